The number of hydrogen-bond acceptors (Lipinski definition) is 2. The van der Waals surface area contributed by atoms with E-state index in [1.807, 2.05) is 0 Å². The molecule has 3 heteroatoms. The molecule has 2 heterocycles. The lowest BCUT2D eigenvalue weighted by Gasteiger charge is -2.13. The average molecular weight is 476 g/mol. The maximum Gasteiger partial charge on any atom is 0.162 e. The van der Waals surface area contributed by atoms with E-state index in [-0.39, 0.29) is 0 Å². The van der Waals surface area contributed by atoms with Crippen LogP contribution in [0.3, 0.4) is 0 Å². The van der Waals surface area contributed by atoms with Gasteiger partial charge in [-0.25, -0.2) is 9.97 Å². The number of rotatable bonds is 3. The summed E-state index contributed by atoms with van der Waals surface area (Å²) in [6.45, 7) is 2.15. The van der Waals surface area contributed by atoms with Crippen molar-refractivity contribution in [2.75, 3.05) is 0 Å². The van der Waals surface area contributed by atoms with Crippen LogP contribution in [0.4, 0.5) is 0 Å². The lowest BCUT2D eigenvalue weighted by Crippen LogP contribution is -2.04. The molecule has 0 radical (unpaired) electrons. The van der Waals surface area contributed by atoms with E-state index in [1.54, 1.807) is 0 Å². The molecule has 0 spiro atoms. The van der Waals surface area contributed by atoms with E-state index in [0.717, 1.165) is 45.9 Å². The maximum atomic E-state index is 5.18. The van der Waals surface area contributed by atoms with Crippen LogP contribution in [0.25, 0.3) is 55.2 Å². The third-order valence-corrected chi connectivity index (χ3v) is 7.13. The van der Waals surface area contributed by atoms with E-state index in [9.17, 15) is 0 Å². The van der Waals surface area contributed by atoms with Gasteiger partial charge in [0.25, 0.3) is 0 Å². The molecule has 0 amide bonds. The minimum absolute atomic E-state index is 0.726. The highest BCUT2D eigenvalue weighted by atomic mass is 15.1. The summed E-state index contributed by atoms with van der Waals surface area (Å²) >= 11 is 0. The first-order valence-corrected chi connectivity index (χ1v) is 12.7. The molecule has 6 aromatic rings. The fraction of sp³-hybridized carbons (Fsp3) is 0.0588. The van der Waals surface area contributed by atoms with Gasteiger partial charge in [-0.1, -0.05) is 109 Å². The van der Waals surface area contributed by atoms with E-state index in [4.69, 9.17) is 9.97 Å². The van der Waals surface area contributed by atoms with Crippen LogP contribution < -0.4 is 0 Å². The van der Waals surface area contributed by atoms with Gasteiger partial charge < -0.3 is 0 Å². The van der Waals surface area contributed by atoms with Gasteiger partial charge in [0.05, 0.1) is 16.7 Å². The van der Waals surface area contributed by atoms with Crippen molar-refractivity contribution >= 4 is 38.2 Å². The van der Waals surface area contributed by atoms with Gasteiger partial charge in [0.1, 0.15) is 5.82 Å². The van der Waals surface area contributed by atoms with Crippen LogP contribution in [-0.4, -0.2) is 14.5 Å². The van der Waals surface area contributed by atoms with Crippen molar-refractivity contribution in [3.05, 3.63) is 133 Å². The molecule has 2 aromatic heterocycles. The molecule has 176 valence electrons. The number of para-hydroxylation sites is 2. The molecule has 4 aromatic carbocycles. The summed E-state index contributed by atoms with van der Waals surface area (Å²) in [6.07, 6.45) is 9.58. The summed E-state index contributed by atoms with van der Waals surface area (Å²) in [7, 11) is 0. The minimum Gasteiger partial charge on any atom is -0.294 e. The Morgan fingerprint density at radius 3 is 2.14 bits per heavy atom. The number of fused-ring (bicyclic) bond motifs is 4. The predicted octanol–water partition coefficient (Wildman–Crippen LogP) is 8.68. The predicted molar refractivity (Wildman–Crippen MR) is 155 cm³/mol. The van der Waals surface area contributed by atoms with Crippen molar-refractivity contribution in [3.63, 3.8) is 0 Å². The van der Waals surface area contributed by atoms with Crippen LogP contribution in [0.2, 0.25) is 0 Å². The number of aromatic nitrogens is 3. The van der Waals surface area contributed by atoms with Gasteiger partial charge in [-0.3, -0.25) is 4.57 Å². The lowest BCUT2D eigenvalue weighted by molar-refractivity contribution is 1.02. The maximum absolute atomic E-state index is 5.18. The van der Waals surface area contributed by atoms with Crippen LogP contribution in [0.5, 0.6) is 0 Å². The zero-order valence-corrected chi connectivity index (χ0v) is 20.6. The summed E-state index contributed by atoms with van der Waals surface area (Å²) in [5, 5.41) is 4.82. The highest BCUT2D eigenvalue weighted by molar-refractivity contribution is 6.09. The Morgan fingerprint density at radius 1 is 0.676 bits per heavy atom. The first-order valence-electron chi connectivity index (χ1n) is 12.7. The summed E-state index contributed by atoms with van der Waals surface area (Å²) in [5.41, 5.74) is 6.63. The summed E-state index contributed by atoms with van der Waals surface area (Å²) < 4.78 is 2.27. The molecule has 0 bridgehead atoms. The monoisotopic (exact) mass is 475 g/mol. The smallest absolute Gasteiger partial charge is 0.162 e. The molecule has 7 rings (SSSR count). The quantitative estimate of drug-likeness (QED) is 0.256. The molecule has 3 nitrogen and oxygen atoms in total. The third kappa shape index (κ3) is 3.68. The van der Waals surface area contributed by atoms with Crippen molar-refractivity contribution in [2.24, 2.45) is 0 Å². The van der Waals surface area contributed by atoms with Crippen LogP contribution in [0.15, 0.2) is 127 Å². The van der Waals surface area contributed by atoms with E-state index >= 15 is 0 Å². The third-order valence-electron chi connectivity index (χ3n) is 7.13. The van der Waals surface area contributed by atoms with Crippen molar-refractivity contribution in [2.45, 2.75) is 13.3 Å². The standard InChI is InChI=1S/C34H25N3/c1-23-10-8-13-25(21-20-23)34-35-30(27-17-9-12-24-11-2-3-14-26(24)27)22-33(36-34)37-31-18-6-4-15-28(31)29-16-5-7-19-32(29)37/h2-9,11-22H,10H2,1H3. The fourth-order valence-corrected chi connectivity index (χ4v) is 5.31. The van der Waals surface area contributed by atoms with E-state index < -0.39 is 0 Å². The number of benzene rings is 4. The van der Waals surface area contributed by atoms with Gasteiger partial charge in [0.2, 0.25) is 0 Å². The van der Waals surface area contributed by atoms with Crippen molar-refractivity contribution < 1.29 is 0 Å². The zero-order valence-electron chi connectivity index (χ0n) is 20.6. The van der Waals surface area contributed by atoms with Gasteiger partial charge in [0.15, 0.2) is 5.82 Å². The molecule has 0 saturated heterocycles. The first kappa shape index (κ1) is 21.5. The van der Waals surface area contributed by atoms with E-state index in [0.29, 0.717) is 0 Å². The molecule has 0 saturated carbocycles. The van der Waals surface area contributed by atoms with Gasteiger partial charge in [-0.05, 0) is 36.2 Å². The van der Waals surface area contributed by atoms with Crippen LogP contribution >= 0.6 is 0 Å². The van der Waals surface area contributed by atoms with Crippen LogP contribution in [0.1, 0.15) is 19.2 Å². The molecule has 37 heavy (non-hydrogen) atoms. The summed E-state index contributed by atoms with van der Waals surface area (Å²) in [4.78, 5) is 10.3. The van der Waals surface area contributed by atoms with Gasteiger partial charge in [-0.2, -0.15) is 0 Å². The van der Waals surface area contributed by atoms with Crippen molar-refractivity contribution in [1.82, 2.24) is 14.5 Å². The Bertz CT molecular complexity index is 1860. The molecular formula is C34H25N3. The Morgan fingerprint density at radius 2 is 1.35 bits per heavy atom. The SMILES string of the molecule is CC1=CC=C(c2nc(-c3cccc4ccccc34)cc(-n3c4ccccc4c4ccccc43)n2)C=CC1. The first-order chi connectivity index (χ1) is 18.3. The fourth-order valence-electron chi connectivity index (χ4n) is 5.31. The highest BCUT2D eigenvalue weighted by Gasteiger charge is 2.17. The average Bonchev–Trinajstić information content (AvgIpc) is 3.12. The molecule has 0 atom stereocenters. The van der Waals surface area contributed by atoms with Crippen molar-refractivity contribution in [3.8, 4) is 17.1 Å². The summed E-state index contributed by atoms with van der Waals surface area (Å²) in [6, 6.07) is 34.1. The largest absolute Gasteiger partial charge is 0.294 e. The molecule has 1 aliphatic rings. The molecular weight excluding hydrogens is 450 g/mol. The second-order valence-corrected chi connectivity index (χ2v) is 9.57. The number of nitrogens with zero attached hydrogens (tertiary/aromatic N) is 3. The normalized spacial score (nSPS) is 13.6. The topological polar surface area (TPSA) is 30.7 Å². The Labute approximate surface area is 215 Å². The molecule has 0 N–H and O–H groups in total. The van der Waals surface area contributed by atoms with Gasteiger partial charge in [-0.15, -0.1) is 0 Å². The zero-order chi connectivity index (χ0) is 24.8. The number of allylic oxidation sites excluding steroid dienone is 6. The molecule has 0 fully saturated rings. The van der Waals surface area contributed by atoms with Gasteiger partial charge in [0, 0.05) is 28.0 Å². The van der Waals surface area contributed by atoms with Crippen LogP contribution in [0, 0.1) is 0 Å². The molecule has 0 unspecified atom stereocenters. The highest BCUT2D eigenvalue weighted by Crippen LogP contribution is 2.34. The second kappa shape index (κ2) is 8.72. The second-order valence-electron chi connectivity index (χ2n) is 9.57. The lowest BCUT2D eigenvalue weighted by atomic mass is 10.0. The molecule has 0 aliphatic heterocycles. The van der Waals surface area contributed by atoms with E-state index in [2.05, 4.69) is 133 Å². The minimum atomic E-state index is 0.726. The van der Waals surface area contributed by atoms with Crippen LogP contribution in [-0.2, 0) is 0 Å². The Hall–Kier alpha value is -4.76. The van der Waals surface area contributed by atoms with Gasteiger partial charge >= 0.3 is 0 Å². The van der Waals surface area contributed by atoms with E-state index in [1.165, 1.54) is 27.1 Å². The molecule has 1 aliphatic carbocycles. The van der Waals surface area contributed by atoms with Crippen molar-refractivity contribution in [1.29, 1.82) is 0 Å². The Balaban J connectivity index is 1.56. The number of hydrogen-bond donors (Lipinski definition) is 0. The summed E-state index contributed by atoms with van der Waals surface area (Å²) in [5.74, 6) is 1.59. The Kier molecular flexibility index (Phi) is 5.07.